The van der Waals surface area contributed by atoms with Gasteiger partial charge in [0, 0.05) is 12.3 Å². The van der Waals surface area contributed by atoms with Gasteiger partial charge in [0.15, 0.2) is 0 Å². The molecule has 0 heterocycles. The van der Waals surface area contributed by atoms with Crippen LogP contribution in [0.3, 0.4) is 0 Å². The molecule has 8 nitrogen and oxygen atoms in total. The lowest BCUT2D eigenvalue weighted by Crippen LogP contribution is -2.22. The maximum absolute atomic E-state index is 12.4. The monoisotopic (exact) mass is 506 g/mol. The van der Waals surface area contributed by atoms with E-state index in [1.807, 2.05) is 41.5 Å². The lowest BCUT2D eigenvalue weighted by molar-refractivity contribution is -0.134. The van der Waals surface area contributed by atoms with Crippen LogP contribution in [0.4, 0.5) is 0 Å². The third-order valence-electron chi connectivity index (χ3n) is 4.29. The highest BCUT2D eigenvalue weighted by Crippen LogP contribution is 2.42. The third-order valence-corrected chi connectivity index (χ3v) is 6.13. The van der Waals surface area contributed by atoms with Crippen molar-refractivity contribution in [1.29, 1.82) is 0 Å². The molecule has 2 rings (SSSR count). The summed E-state index contributed by atoms with van der Waals surface area (Å²) in [5, 5.41) is 0. The maximum Gasteiger partial charge on any atom is 0.311 e. The molecule has 0 spiro atoms. The van der Waals surface area contributed by atoms with E-state index in [4.69, 9.17) is 18.9 Å². The van der Waals surface area contributed by atoms with Crippen LogP contribution in [0.1, 0.15) is 54.4 Å². The summed E-state index contributed by atoms with van der Waals surface area (Å²) in [6.45, 7) is 11.6. The molecule has 2 aromatic rings. The first-order valence-electron chi connectivity index (χ1n) is 11.4. The number of carbonyl (C=O) groups excluding carboxylic acids is 2. The Labute approximate surface area is 207 Å². The molecule has 0 radical (unpaired) electrons. The molecule has 0 aliphatic rings. The van der Waals surface area contributed by atoms with Crippen molar-refractivity contribution in [3.63, 3.8) is 0 Å². The van der Waals surface area contributed by atoms with E-state index in [0.29, 0.717) is 23.0 Å². The average Bonchev–Trinajstić information content (AvgIpc) is 2.72. The second-order valence-corrected chi connectivity index (χ2v) is 12.7. The number of rotatable bonds is 10. The van der Waals surface area contributed by atoms with Gasteiger partial charge in [-0.3, -0.25) is 14.2 Å². The molecular formula is C26H35O8P. The molecule has 9 heteroatoms. The third kappa shape index (κ3) is 11.9. The molecule has 0 aliphatic carbocycles. The van der Waals surface area contributed by atoms with Crippen LogP contribution in [-0.2, 0) is 14.2 Å². The van der Waals surface area contributed by atoms with E-state index in [0.717, 1.165) is 0 Å². The molecule has 0 amide bonds. The van der Waals surface area contributed by atoms with Gasteiger partial charge >= 0.3 is 11.9 Å². The zero-order chi connectivity index (χ0) is 26.3. The Bertz CT molecular complexity index is 950. The molecule has 2 aromatic carbocycles. The van der Waals surface area contributed by atoms with Gasteiger partial charge in [-0.15, -0.1) is 0 Å². The van der Waals surface area contributed by atoms with Gasteiger partial charge in [0.2, 0.25) is 7.37 Å². The van der Waals surface area contributed by atoms with Crippen molar-refractivity contribution >= 4 is 19.3 Å². The quantitative estimate of drug-likeness (QED) is 0.252. The minimum absolute atomic E-state index is 0.252. The Balaban J connectivity index is 1.75. The lowest BCUT2D eigenvalue weighted by atomic mass is 10.2. The molecule has 0 saturated carbocycles. The van der Waals surface area contributed by atoms with Crippen molar-refractivity contribution in [2.45, 2.75) is 65.6 Å². The molecule has 0 unspecified atom stereocenters. The molecule has 0 saturated heterocycles. The first kappa shape index (κ1) is 28.4. The van der Waals surface area contributed by atoms with Gasteiger partial charge in [-0.05, 0) is 90.1 Å². The predicted octanol–water partition coefficient (Wildman–Crippen LogP) is 5.60. The summed E-state index contributed by atoms with van der Waals surface area (Å²) in [5.41, 5.74) is -0.697. The zero-order valence-corrected chi connectivity index (χ0v) is 22.1. The van der Waals surface area contributed by atoms with Gasteiger partial charge in [-0.2, -0.15) is 0 Å². The van der Waals surface area contributed by atoms with Crippen LogP contribution in [0.5, 0.6) is 23.0 Å². The van der Waals surface area contributed by atoms with Crippen LogP contribution in [0.2, 0.25) is 0 Å². The summed E-state index contributed by atoms with van der Waals surface area (Å²) in [6.07, 6.45) is -1.08. The minimum Gasteiger partial charge on any atom is -0.488 e. The summed E-state index contributed by atoms with van der Waals surface area (Å²) in [6, 6.07) is 13.1. The van der Waals surface area contributed by atoms with Gasteiger partial charge in [0.25, 0.3) is 0 Å². The normalized spacial score (nSPS) is 12.1. The van der Waals surface area contributed by atoms with Crippen molar-refractivity contribution in [2.75, 3.05) is 12.3 Å². The van der Waals surface area contributed by atoms with Crippen LogP contribution >= 0.6 is 7.37 Å². The first-order valence-corrected chi connectivity index (χ1v) is 13.4. The second-order valence-electron chi connectivity index (χ2n) is 10.1. The molecule has 35 heavy (non-hydrogen) atoms. The van der Waals surface area contributed by atoms with E-state index in [9.17, 15) is 19.0 Å². The van der Waals surface area contributed by atoms with E-state index in [1.165, 1.54) is 0 Å². The Morgan fingerprint density at radius 3 is 1.23 bits per heavy atom. The molecule has 0 atom stereocenters. The van der Waals surface area contributed by atoms with Crippen molar-refractivity contribution < 1.29 is 38.0 Å². The number of hydrogen-bond donors (Lipinski definition) is 1. The standard InChI is InChI=1S/C26H35O8P/c1-25(2,3)33-21-11-7-19(8-12-21)31-23(27)15-17-35(29,30)18-16-24(28)32-20-9-13-22(14-10-20)34-26(4,5)6/h7-14H,15-18H2,1-6H3,(H,29,30). The molecule has 0 aromatic heterocycles. The van der Waals surface area contributed by atoms with Crippen LogP contribution < -0.4 is 18.9 Å². The number of esters is 2. The highest BCUT2D eigenvalue weighted by Gasteiger charge is 2.23. The Kier molecular flexibility index (Phi) is 9.52. The van der Waals surface area contributed by atoms with Gasteiger partial charge in [-0.1, -0.05) is 0 Å². The number of hydrogen-bond acceptors (Lipinski definition) is 7. The smallest absolute Gasteiger partial charge is 0.311 e. The topological polar surface area (TPSA) is 108 Å². The van der Waals surface area contributed by atoms with E-state index >= 15 is 0 Å². The van der Waals surface area contributed by atoms with E-state index in [-0.39, 0.29) is 36.4 Å². The number of carbonyl (C=O) groups is 2. The van der Waals surface area contributed by atoms with Crippen LogP contribution in [0.25, 0.3) is 0 Å². The Morgan fingerprint density at radius 2 is 0.943 bits per heavy atom. The van der Waals surface area contributed by atoms with Crippen LogP contribution in [0, 0.1) is 0 Å². The highest BCUT2D eigenvalue weighted by molar-refractivity contribution is 7.58. The molecule has 1 N–H and O–H groups in total. The molecule has 0 fully saturated rings. The molecular weight excluding hydrogens is 471 g/mol. The van der Waals surface area contributed by atoms with Crippen LogP contribution in [-0.4, -0.2) is 40.4 Å². The summed E-state index contributed by atoms with van der Waals surface area (Å²) in [4.78, 5) is 34.3. The van der Waals surface area contributed by atoms with Crippen molar-refractivity contribution in [3.8, 4) is 23.0 Å². The van der Waals surface area contributed by atoms with Crippen molar-refractivity contribution in [2.24, 2.45) is 0 Å². The van der Waals surface area contributed by atoms with Crippen LogP contribution in [0.15, 0.2) is 48.5 Å². The fourth-order valence-electron chi connectivity index (χ4n) is 2.87. The highest BCUT2D eigenvalue weighted by atomic mass is 31.2. The minimum atomic E-state index is -3.71. The maximum atomic E-state index is 12.4. The molecule has 192 valence electrons. The van der Waals surface area contributed by atoms with E-state index in [1.54, 1.807) is 48.5 Å². The predicted molar refractivity (Wildman–Crippen MR) is 134 cm³/mol. The van der Waals surface area contributed by atoms with Gasteiger partial charge in [-0.25, -0.2) is 0 Å². The Morgan fingerprint density at radius 1 is 0.657 bits per heavy atom. The van der Waals surface area contributed by atoms with E-state index in [2.05, 4.69) is 0 Å². The van der Waals surface area contributed by atoms with Gasteiger partial charge < -0.3 is 23.8 Å². The number of benzene rings is 2. The molecule has 0 bridgehead atoms. The summed E-state index contributed by atoms with van der Waals surface area (Å²) in [7, 11) is -3.71. The first-order chi connectivity index (χ1) is 16.1. The number of ether oxygens (including phenoxy) is 4. The average molecular weight is 507 g/mol. The fourth-order valence-corrected chi connectivity index (χ4v) is 4.15. The lowest BCUT2D eigenvalue weighted by Gasteiger charge is -2.21. The van der Waals surface area contributed by atoms with Crippen molar-refractivity contribution in [1.82, 2.24) is 0 Å². The van der Waals surface area contributed by atoms with Crippen molar-refractivity contribution in [3.05, 3.63) is 48.5 Å². The van der Waals surface area contributed by atoms with E-state index < -0.39 is 19.3 Å². The summed E-state index contributed by atoms with van der Waals surface area (Å²) >= 11 is 0. The zero-order valence-electron chi connectivity index (χ0n) is 21.2. The molecule has 0 aliphatic heterocycles. The fraction of sp³-hybridized carbons (Fsp3) is 0.462. The SMILES string of the molecule is CC(C)(C)Oc1ccc(OC(=O)CCP(=O)(O)CCC(=O)Oc2ccc(OC(C)(C)C)cc2)cc1. The summed E-state index contributed by atoms with van der Waals surface area (Å²) < 4.78 is 34.2. The largest absolute Gasteiger partial charge is 0.488 e. The van der Waals surface area contributed by atoms with Gasteiger partial charge in [0.05, 0.1) is 12.8 Å². The Hall–Kier alpha value is -2.83. The van der Waals surface area contributed by atoms with Gasteiger partial charge in [0.1, 0.15) is 34.2 Å². The second kappa shape index (κ2) is 11.7. The summed E-state index contributed by atoms with van der Waals surface area (Å²) in [5.74, 6) is 0.627.